The fourth-order valence-corrected chi connectivity index (χ4v) is 1.77. The zero-order chi connectivity index (χ0) is 13.5. The first-order chi connectivity index (χ1) is 9.29. The minimum Gasteiger partial charge on any atom is -0.479 e. The van der Waals surface area contributed by atoms with E-state index in [1.54, 1.807) is 19.4 Å². The number of nitrogen functional groups attached to an aromatic ring is 1. The Hall–Kier alpha value is -2.24. The maximum absolute atomic E-state index is 5.71. The molecule has 0 aliphatic carbocycles. The number of imidazole rings is 1. The Balaban J connectivity index is 1.70. The first-order valence-electron chi connectivity index (χ1n) is 6.29. The lowest BCUT2D eigenvalue weighted by Crippen LogP contribution is -2.06. The molecule has 0 unspecified atom stereocenters. The first kappa shape index (κ1) is 13.2. The normalized spacial score (nSPS) is 10.4. The number of aromatic nitrogens is 3. The Morgan fingerprint density at radius 3 is 3.00 bits per heavy atom. The summed E-state index contributed by atoms with van der Waals surface area (Å²) >= 11 is 0. The highest BCUT2D eigenvalue weighted by atomic mass is 16.5. The van der Waals surface area contributed by atoms with Crippen molar-refractivity contribution >= 4 is 11.5 Å². The standard InChI is InChI=1S/C13H19N5O/c1-19-13-11(14)4-5-12(17-13)16-6-2-3-8-18-9-7-15-10-18/h4-5,7,9-10H,2-3,6,8,14H2,1H3,(H,16,17). The summed E-state index contributed by atoms with van der Waals surface area (Å²) in [5.74, 6) is 1.25. The summed E-state index contributed by atoms with van der Waals surface area (Å²) in [6, 6.07) is 3.65. The summed E-state index contributed by atoms with van der Waals surface area (Å²) in [4.78, 5) is 8.27. The number of hydrogen-bond acceptors (Lipinski definition) is 5. The molecule has 6 nitrogen and oxygen atoms in total. The van der Waals surface area contributed by atoms with Crippen molar-refractivity contribution in [2.24, 2.45) is 0 Å². The molecule has 0 saturated carbocycles. The Morgan fingerprint density at radius 1 is 1.37 bits per heavy atom. The Labute approximate surface area is 112 Å². The maximum Gasteiger partial charge on any atom is 0.238 e. The van der Waals surface area contributed by atoms with Crippen molar-refractivity contribution in [1.82, 2.24) is 14.5 Å². The van der Waals surface area contributed by atoms with Gasteiger partial charge in [-0.05, 0) is 25.0 Å². The lowest BCUT2D eigenvalue weighted by atomic mass is 10.3. The van der Waals surface area contributed by atoms with Gasteiger partial charge in [-0.3, -0.25) is 0 Å². The third kappa shape index (κ3) is 3.87. The van der Waals surface area contributed by atoms with Gasteiger partial charge in [-0.1, -0.05) is 0 Å². The van der Waals surface area contributed by atoms with E-state index in [0.717, 1.165) is 31.7 Å². The van der Waals surface area contributed by atoms with E-state index >= 15 is 0 Å². The van der Waals surface area contributed by atoms with Crippen LogP contribution in [0.3, 0.4) is 0 Å². The van der Waals surface area contributed by atoms with Crippen molar-refractivity contribution in [1.29, 1.82) is 0 Å². The molecule has 0 spiro atoms. The van der Waals surface area contributed by atoms with Crippen LogP contribution in [0, 0.1) is 0 Å². The predicted molar refractivity (Wildman–Crippen MR) is 75.2 cm³/mol. The lowest BCUT2D eigenvalue weighted by molar-refractivity contribution is 0.401. The van der Waals surface area contributed by atoms with E-state index in [1.165, 1.54) is 0 Å². The van der Waals surface area contributed by atoms with E-state index in [9.17, 15) is 0 Å². The number of aryl methyl sites for hydroxylation is 1. The van der Waals surface area contributed by atoms with Crippen molar-refractivity contribution < 1.29 is 4.74 Å². The van der Waals surface area contributed by atoms with E-state index in [0.29, 0.717) is 11.6 Å². The lowest BCUT2D eigenvalue weighted by Gasteiger charge is -2.08. The summed E-state index contributed by atoms with van der Waals surface area (Å²) in [7, 11) is 1.56. The molecule has 0 fully saturated rings. The fraction of sp³-hybridized carbons (Fsp3) is 0.385. The summed E-state index contributed by atoms with van der Waals surface area (Å²) in [6.45, 7) is 1.86. The van der Waals surface area contributed by atoms with Gasteiger partial charge in [-0.25, -0.2) is 4.98 Å². The second-order valence-corrected chi connectivity index (χ2v) is 4.23. The average Bonchev–Trinajstić information content (AvgIpc) is 2.93. The molecule has 0 amide bonds. The maximum atomic E-state index is 5.71. The van der Waals surface area contributed by atoms with Gasteiger partial charge < -0.3 is 20.4 Å². The number of rotatable bonds is 7. The van der Waals surface area contributed by atoms with Gasteiger partial charge >= 0.3 is 0 Å². The molecule has 2 rings (SSSR count). The average molecular weight is 261 g/mol. The smallest absolute Gasteiger partial charge is 0.238 e. The number of ether oxygens (including phenoxy) is 1. The summed E-state index contributed by atoms with van der Waals surface area (Å²) < 4.78 is 7.15. The second kappa shape index (κ2) is 6.63. The number of hydrogen-bond donors (Lipinski definition) is 2. The minimum absolute atomic E-state index is 0.461. The van der Waals surface area contributed by atoms with Crippen LogP contribution in [0.5, 0.6) is 5.88 Å². The minimum atomic E-state index is 0.461. The van der Waals surface area contributed by atoms with Gasteiger partial charge in [0.15, 0.2) is 0 Å². The molecule has 0 aliphatic rings. The van der Waals surface area contributed by atoms with Crippen LogP contribution in [0.15, 0.2) is 30.9 Å². The van der Waals surface area contributed by atoms with Gasteiger partial charge in [0.25, 0.3) is 0 Å². The second-order valence-electron chi connectivity index (χ2n) is 4.23. The Bertz CT molecular complexity index is 498. The predicted octanol–water partition coefficient (Wildman–Crippen LogP) is 1.76. The largest absolute Gasteiger partial charge is 0.479 e. The number of nitrogens with one attached hydrogen (secondary N) is 1. The quantitative estimate of drug-likeness (QED) is 0.743. The molecular weight excluding hydrogens is 242 g/mol. The Morgan fingerprint density at radius 2 is 2.26 bits per heavy atom. The van der Waals surface area contributed by atoms with Gasteiger partial charge in [-0.2, -0.15) is 4.98 Å². The van der Waals surface area contributed by atoms with Crippen LogP contribution in [0.4, 0.5) is 11.5 Å². The third-order valence-corrected chi connectivity index (χ3v) is 2.79. The SMILES string of the molecule is COc1nc(NCCCCn2ccnc2)ccc1N. The molecule has 0 bridgehead atoms. The topological polar surface area (TPSA) is 78.0 Å². The van der Waals surface area contributed by atoms with E-state index in [1.807, 2.05) is 18.6 Å². The van der Waals surface area contributed by atoms with Crippen molar-refractivity contribution in [3.63, 3.8) is 0 Å². The van der Waals surface area contributed by atoms with E-state index < -0.39 is 0 Å². The summed E-state index contributed by atoms with van der Waals surface area (Å²) in [5.41, 5.74) is 6.26. The van der Waals surface area contributed by atoms with Crippen LogP contribution in [0.25, 0.3) is 0 Å². The van der Waals surface area contributed by atoms with Crippen molar-refractivity contribution in [3.8, 4) is 5.88 Å². The van der Waals surface area contributed by atoms with E-state index in [2.05, 4.69) is 19.9 Å². The van der Waals surface area contributed by atoms with Crippen molar-refractivity contribution in [2.45, 2.75) is 19.4 Å². The van der Waals surface area contributed by atoms with Crippen LogP contribution < -0.4 is 15.8 Å². The third-order valence-electron chi connectivity index (χ3n) is 2.79. The molecule has 102 valence electrons. The number of methoxy groups -OCH3 is 1. The highest BCUT2D eigenvalue weighted by Gasteiger charge is 2.02. The molecule has 0 atom stereocenters. The molecule has 2 heterocycles. The molecule has 19 heavy (non-hydrogen) atoms. The van der Waals surface area contributed by atoms with Gasteiger partial charge in [-0.15, -0.1) is 0 Å². The molecule has 0 aromatic carbocycles. The van der Waals surface area contributed by atoms with Crippen molar-refractivity contribution in [3.05, 3.63) is 30.9 Å². The summed E-state index contributed by atoms with van der Waals surface area (Å²) in [6.07, 6.45) is 7.75. The van der Waals surface area contributed by atoms with Gasteiger partial charge in [0.05, 0.1) is 19.1 Å². The molecule has 3 N–H and O–H groups in total. The number of unbranched alkanes of at least 4 members (excludes halogenated alkanes) is 1. The fourth-order valence-electron chi connectivity index (χ4n) is 1.77. The highest BCUT2D eigenvalue weighted by Crippen LogP contribution is 2.19. The molecular formula is C13H19N5O. The summed E-state index contributed by atoms with van der Waals surface area (Å²) in [5, 5.41) is 3.26. The Kier molecular flexibility index (Phi) is 4.60. The number of pyridine rings is 1. The molecule has 0 saturated heterocycles. The van der Waals surface area contributed by atoms with E-state index in [4.69, 9.17) is 10.5 Å². The molecule has 0 aliphatic heterocycles. The monoisotopic (exact) mass is 261 g/mol. The zero-order valence-corrected chi connectivity index (χ0v) is 11.0. The van der Waals surface area contributed by atoms with Crippen molar-refractivity contribution in [2.75, 3.05) is 24.7 Å². The highest BCUT2D eigenvalue weighted by molar-refractivity contribution is 5.53. The van der Waals surface area contributed by atoms with Crippen LogP contribution in [-0.4, -0.2) is 28.2 Å². The molecule has 6 heteroatoms. The van der Waals surface area contributed by atoms with Crippen LogP contribution >= 0.6 is 0 Å². The van der Waals surface area contributed by atoms with Gasteiger partial charge in [0.1, 0.15) is 5.82 Å². The van der Waals surface area contributed by atoms with Crippen LogP contribution in [0.2, 0.25) is 0 Å². The van der Waals surface area contributed by atoms with Gasteiger partial charge in [0, 0.05) is 25.5 Å². The molecule has 0 radical (unpaired) electrons. The molecule has 2 aromatic heterocycles. The zero-order valence-electron chi connectivity index (χ0n) is 11.0. The van der Waals surface area contributed by atoms with Crippen LogP contribution in [-0.2, 0) is 6.54 Å². The number of nitrogens with two attached hydrogens (primary N) is 1. The number of nitrogens with zero attached hydrogens (tertiary/aromatic N) is 3. The van der Waals surface area contributed by atoms with E-state index in [-0.39, 0.29) is 0 Å². The van der Waals surface area contributed by atoms with Crippen LogP contribution in [0.1, 0.15) is 12.8 Å². The number of anilines is 2. The first-order valence-corrected chi connectivity index (χ1v) is 6.29. The molecule has 2 aromatic rings. The van der Waals surface area contributed by atoms with Gasteiger partial charge in [0.2, 0.25) is 5.88 Å².